The summed E-state index contributed by atoms with van der Waals surface area (Å²) in [5.41, 5.74) is 2.58. The highest BCUT2D eigenvalue weighted by Crippen LogP contribution is 2.24. The van der Waals surface area contributed by atoms with Gasteiger partial charge in [0.15, 0.2) is 0 Å². The van der Waals surface area contributed by atoms with E-state index in [0.717, 1.165) is 17.5 Å². The van der Waals surface area contributed by atoms with Gasteiger partial charge in [-0.2, -0.15) is 0 Å². The molecule has 6 nitrogen and oxygen atoms in total. The molecule has 148 valence electrons. The van der Waals surface area contributed by atoms with Gasteiger partial charge in [0.05, 0.1) is 18.0 Å². The van der Waals surface area contributed by atoms with Crippen LogP contribution in [0, 0.1) is 13.8 Å². The van der Waals surface area contributed by atoms with E-state index in [1.165, 1.54) is 10.6 Å². The van der Waals surface area contributed by atoms with E-state index < -0.39 is 10.0 Å². The zero-order valence-corrected chi connectivity index (χ0v) is 17.4. The van der Waals surface area contributed by atoms with E-state index in [-0.39, 0.29) is 18.6 Å². The van der Waals surface area contributed by atoms with E-state index in [9.17, 15) is 13.2 Å². The molecule has 1 amide bonds. The van der Waals surface area contributed by atoms with Crippen LogP contribution in [0.4, 0.5) is 5.69 Å². The fourth-order valence-electron chi connectivity index (χ4n) is 2.54. The minimum absolute atomic E-state index is 0.0658. The van der Waals surface area contributed by atoms with Gasteiger partial charge >= 0.3 is 0 Å². The minimum Gasteiger partial charge on any atom is -0.379 e. The first-order valence-corrected chi connectivity index (χ1v) is 10.9. The van der Waals surface area contributed by atoms with Crippen LogP contribution in [-0.2, 0) is 19.6 Å². The monoisotopic (exact) mass is 384 g/mol. The van der Waals surface area contributed by atoms with Crippen LogP contribution in [0.5, 0.6) is 0 Å². The first-order chi connectivity index (χ1) is 12.1. The molecule has 0 saturated heterocycles. The van der Waals surface area contributed by atoms with Crippen LogP contribution in [0.2, 0.25) is 0 Å². The van der Waals surface area contributed by atoms with Gasteiger partial charge in [-0.15, -0.1) is 0 Å². The number of carbonyl (C=O) groups is 1. The Morgan fingerprint density at radius 2 is 1.92 bits per heavy atom. The van der Waals surface area contributed by atoms with Crippen molar-refractivity contribution in [1.82, 2.24) is 5.32 Å². The van der Waals surface area contributed by atoms with Crippen molar-refractivity contribution in [1.29, 1.82) is 0 Å². The van der Waals surface area contributed by atoms with Crippen molar-refractivity contribution in [2.75, 3.05) is 30.3 Å². The van der Waals surface area contributed by atoms with Gasteiger partial charge in [0.2, 0.25) is 15.9 Å². The quantitative estimate of drug-likeness (QED) is 0.595. The lowest BCUT2D eigenvalue weighted by Crippen LogP contribution is -2.33. The highest BCUT2D eigenvalue weighted by Gasteiger charge is 2.19. The van der Waals surface area contributed by atoms with E-state index in [1.807, 2.05) is 45.9 Å². The number of ether oxygens (including phenoxy) is 1. The zero-order valence-electron chi connectivity index (χ0n) is 16.5. The van der Waals surface area contributed by atoms with Crippen molar-refractivity contribution >= 4 is 21.6 Å². The molecule has 0 spiro atoms. The third-order valence-electron chi connectivity index (χ3n) is 3.89. The van der Waals surface area contributed by atoms with Crippen LogP contribution >= 0.6 is 0 Å². The predicted molar refractivity (Wildman–Crippen MR) is 106 cm³/mol. The number of amides is 1. The zero-order chi connectivity index (χ0) is 19.7. The Morgan fingerprint density at radius 3 is 2.54 bits per heavy atom. The van der Waals surface area contributed by atoms with E-state index in [2.05, 4.69) is 5.32 Å². The Labute approximate surface area is 158 Å². The Balaban J connectivity index is 2.51. The molecule has 0 unspecified atom stereocenters. The molecule has 1 N–H and O–H groups in total. The summed E-state index contributed by atoms with van der Waals surface area (Å²) in [5, 5.41) is 2.84. The van der Waals surface area contributed by atoms with E-state index >= 15 is 0 Å². The number of nitrogens with one attached hydrogen (secondary N) is 1. The lowest BCUT2D eigenvalue weighted by molar-refractivity contribution is -0.121. The second kappa shape index (κ2) is 10.5. The average Bonchev–Trinajstić information content (AvgIpc) is 2.52. The van der Waals surface area contributed by atoms with Crippen LogP contribution in [-0.4, -0.2) is 46.4 Å². The number of sulfonamides is 1. The van der Waals surface area contributed by atoms with Crippen molar-refractivity contribution in [3.63, 3.8) is 0 Å². The van der Waals surface area contributed by atoms with Crippen LogP contribution < -0.4 is 9.62 Å². The summed E-state index contributed by atoms with van der Waals surface area (Å²) in [6.07, 6.45) is 2.92. The summed E-state index contributed by atoms with van der Waals surface area (Å²) >= 11 is 0. The summed E-state index contributed by atoms with van der Waals surface area (Å²) in [7, 11) is -3.40. The molecule has 0 aromatic heterocycles. The van der Waals surface area contributed by atoms with Crippen LogP contribution in [0.3, 0.4) is 0 Å². The lowest BCUT2D eigenvalue weighted by Gasteiger charge is -2.24. The number of hydrogen-bond acceptors (Lipinski definition) is 4. The molecule has 1 rings (SSSR count). The number of hydrogen-bond donors (Lipinski definition) is 1. The Kier molecular flexibility index (Phi) is 9.08. The van der Waals surface area contributed by atoms with Crippen LogP contribution in [0.1, 0.15) is 44.2 Å². The van der Waals surface area contributed by atoms with Crippen molar-refractivity contribution in [3.05, 3.63) is 29.3 Å². The van der Waals surface area contributed by atoms with Gasteiger partial charge in [0, 0.05) is 26.1 Å². The number of aryl methyl sites for hydroxylation is 2. The predicted octanol–water partition coefficient (Wildman–Crippen LogP) is 2.78. The molecule has 0 atom stereocenters. The second-order valence-corrected chi connectivity index (χ2v) is 8.76. The number of nitrogens with zero attached hydrogens (tertiary/aromatic N) is 1. The molecule has 0 aliphatic rings. The third-order valence-corrected chi connectivity index (χ3v) is 5.07. The summed E-state index contributed by atoms with van der Waals surface area (Å²) in [6, 6.07) is 5.73. The van der Waals surface area contributed by atoms with Crippen molar-refractivity contribution in [2.24, 2.45) is 0 Å². The van der Waals surface area contributed by atoms with E-state index in [0.29, 0.717) is 31.7 Å². The summed E-state index contributed by atoms with van der Waals surface area (Å²) in [5.74, 6) is -0.0658. The maximum atomic E-state index is 12.2. The number of rotatable bonds is 11. The normalized spacial score (nSPS) is 11.6. The molecular weight excluding hydrogens is 352 g/mol. The molecule has 0 heterocycles. The van der Waals surface area contributed by atoms with Crippen molar-refractivity contribution in [2.45, 2.75) is 53.1 Å². The van der Waals surface area contributed by atoms with E-state index in [1.54, 1.807) is 0 Å². The van der Waals surface area contributed by atoms with Gasteiger partial charge in [0.1, 0.15) is 0 Å². The van der Waals surface area contributed by atoms with Gasteiger partial charge in [-0.1, -0.05) is 12.1 Å². The molecule has 0 radical (unpaired) electrons. The van der Waals surface area contributed by atoms with Crippen LogP contribution in [0.15, 0.2) is 18.2 Å². The molecule has 7 heteroatoms. The highest BCUT2D eigenvalue weighted by molar-refractivity contribution is 7.92. The molecule has 0 aliphatic heterocycles. The Bertz CT molecular complexity index is 687. The SMILES string of the molecule is Cc1ccc(C)c(N(CCCC(=O)NCCCOC(C)C)S(C)(=O)=O)c1. The van der Waals surface area contributed by atoms with Crippen molar-refractivity contribution < 1.29 is 17.9 Å². The van der Waals surface area contributed by atoms with Gasteiger partial charge in [0.25, 0.3) is 0 Å². The topological polar surface area (TPSA) is 75.7 Å². The van der Waals surface area contributed by atoms with Crippen LogP contribution in [0.25, 0.3) is 0 Å². The first-order valence-electron chi connectivity index (χ1n) is 9.04. The number of anilines is 1. The molecule has 0 bridgehead atoms. The minimum atomic E-state index is -3.40. The third kappa shape index (κ3) is 8.19. The lowest BCUT2D eigenvalue weighted by atomic mass is 10.1. The standard InChI is InChI=1S/C19H32N2O4S/c1-15(2)25-13-7-11-20-19(22)8-6-12-21(26(5,23)24)18-14-16(3)9-10-17(18)4/h9-10,14-15H,6-8,11-13H2,1-5H3,(H,20,22). The second-order valence-electron chi connectivity index (χ2n) is 6.85. The van der Waals surface area contributed by atoms with Crippen molar-refractivity contribution in [3.8, 4) is 0 Å². The van der Waals surface area contributed by atoms with Gasteiger partial charge < -0.3 is 10.1 Å². The number of carbonyl (C=O) groups excluding carboxylic acids is 1. The fourth-order valence-corrected chi connectivity index (χ4v) is 3.56. The van der Waals surface area contributed by atoms with Gasteiger partial charge in [-0.05, 0) is 57.7 Å². The highest BCUT2D eigenvalue weighted by atomic mass is 32.2. The maximum absolute atomic E-state index is 12.2. The molecular formula is C19H32N2O4S. The Hall–Kier alpha value is -1.60. The molecule has 0 aliphatic carbocycles. The van der Waals surface area contributed by atoms with Gasteiger partial charge in [-0.25, -0.2) is 8.42 Å². The fraction of sp³-hybridized carbons (Fsp3) is 0.632. The maximum Gasteiger partial charge on any atom is 0.232 e. The molecule has 0 fully saturated rings. The molecule has 1 aromatic carbocycles. The largest absolute Gasteiger partial charge is 0.379 e. The van der Waals surface area contributed by atoms with E-state index in [4.69, 9.17) is 4.74 Å². The summed E-state index contributed by atoms with van der Waals surface area (Å²) < 4.78 is 31.2. The summed E-state index contributed by atoms with van der Waals surface area (Å²) in [6.45, 7) is 9.24. The molecule has 0 saturated carbocycles. The molecule has 1 aromatic rings. The molecule has 26 heavy (non-hydrogen) atoms. The average molecular weight is 385 g/mol. The summed E-state index contributed by atoms with van der Waals surface area (Å²) in [4.78, 5) is 11.9. The Morgan fingerprint density at radius 1 is 1.23 bits per heavy atom. The smallest absolute Gasteiger partial charge is 0.232 e. The first kappa shape index (κ1) is 22.4. The van der Waals surface area contributed by atoms with Gasteiger partial charge in [-0.3, -0.25) is 9.10 Å². The number of benzene rings is 1.